The van der Waals surface area contributed by atoms with E-state index in [1.807, 2.05) is 27.7 Å². The molecule has 0 N–H and O–H groups in total. The van der Waals surface area contributed by atoms with Crippen LogP contribution in [-0.2, 0) is 18.8 Å². The van der Waals surface area contributed by atoms with E-state index < -0.39 is 12.4 Å². The summed E-state index contributed by atoms with van der Waals surface area (Å²) < 4.78 is 16.7. The van der Waals surface area contributed by atoms with Crippen LogP contribution in [0.3, 0.4) is 0 Å². The number of rotatable bonds is 3. The lowest BCUT2D eigenvalue weighted by atomic mass is 9.65. The summed E-state index contributed by atoms with van der Waals surface area (Å²) in [5.74, 6) is -0.338. The van der Waals surface area contributed by atoms with Gasteiger partial charge in [-0.15, -0.1) is 0 Å². The lowest BCUT2D eigenvalue weighted by Crippen LogP contribution is -2.47. The highest BCUT2D eigenvalue weighted by Gasteiger charge is 2.51. The van der Waals surface area contributed by atoms with Crippen molar-refractivity contribution in [3.8, 4) is 0 Å². The number of hydrogen-bond acceptors (Lipinski definition) is 4. The molecule has 1 rings (SSSR count). The van der Waals surface area contributed by atoms with E-state index in [4.69, 9.17) is 14.0 Å². The molecule has 4 nitrogen and oxygen atoms in total. The highest BCUT2D eigenvalue weighted by Crippen LogP contribution is 2.37. The molecule has 1 fully saturated rings. The molecule has 0 bridgehead atoms. The van der Waals surface area contributed by atoms with Crippen molar-refractivity contribution >= 4 is 12.7 Å². The van der Waals surface area contributed by atoms with Gasteiger partial charge in [-0.3, -0.25) is 4.79 Å². The predicted octanol–water partition coefficient (Wildman–Crippen LogP) is 2.11. The first-order valence-electron chi connectivity index (χ1n) is 5.45. The Morgan fingerprint density at radius 3 is 2.07 bits per heavy atom. The Kier molecular flexibility index (Phi) is 3.17. The first-order chi connectivity index (χ1) is 6.69. The standard InChI is InChI=1S/C10H20BO4/c1-7(2)11(13-8(3)4)14-9(12)10(5,6)15-11/h7-8H,1-6H3/q-1. The average molecular weight is 215 g/mol. The third-order valence-corrected chi connectivity index (χ3v) is 2.50. The first kappa shape index (κ1) is 12.5. The molecule has 0 saturated carbocycles. The maximum absolute atomic E-state index is 11.6. The van der Waals surface area contributed by atoms with Crippen LogP contribution in [0.4, 0.5) is 0 Å². The fourth-order valence-corrected chi connectivity index (χ4v) is 1.64. The fraction of sp³-hybridized carbons (Fsp3) is 0.900. The van der Waals surface area contributed by atoms with Gasteiger partial charge in [-0.25, -0.2) is 0 Å². The van der Waals surface area contributed by atoms with E-state index in [9.17, 15) is 4.79 Å². The van der Waals surface area contributed by atoms with Crippen LogP contribution in [0.15, 0.2) is 0 Å². The molecular weight excluding hydrogens is 195 g/mol. The van der Waals surface area contributed by atoms with E-state index in [1.54, 1.807) is 13.8 Å². The molecule has 0 aliphatic carbocycles. The normalized spacial score (nSPS) is 30.0. The van der Waals surface area contributed by atoms with Gasteiger partial charge in [0.15, 0.2) is 0 Å². The van der Waals surface area contributed by atoms with E-state index in [0.717, 1.165) is 0 Å². The second kappa shape index (κ2) is 3.79. The number of hydrogen-bond donors (Lipinski definition) is 0. The monoisotopic (exact) mass is 215 g/mol. The Morgan fingerprint density at radius 2 is 1.80 bits per heavy atom. The second-order valence-electron chi connectivity index (χ2n) is 5.16. The molecule has 0 spiro atoms. The van der Waals surface area contributed by atoms with Crippen molar-refractivity contribution < 1.29 is 18.8 Å². The molecule has 1 heterocycles. The smallest absolute Gasteiger partial charge is 0.440 e. The van der Waals surface area contributed by atoms with E-state index in [-0.39, 0.29) is 17.9 Å². The Balaban J connectivity index is 2.92. The molecule has 0 radical (unpaired) electrons. The molecule has 88 valence electrons. The average Bonchev–Trinajstić information content (AvgIpc) is 2.21. The molecule has 0 aromatic carbocycles. The third-order valence-electron chi connectivity index (χ3n) is 2.50. The van der Waals surface area contributed by atoms with E-state index in [1.165, 1.54) is 0 Å². The van der Waals surface area contributed by atoms with Crippen LogP contribution in [0, 0.1) is 0 Å². The Hall–Kier alpha value is -0.545. The lowest BCUT2D eigenvalue weighted by molar-refractivity contribution is -0.141. The van der Waals surface area contributed by atoms with Gasteiger partial charge in [-0.2, -0.15) is 0 Å². The van der Waals surface area contributed by atoms with Gasteiger partial charge in [0.2, 0.25) is 0 Å². The van der Waals surface area contributed by atoms with Crippen molar-refractivity contribution in [3.63, 3.8) is 0 Å². The van der Waals surface area contributed by atoms with Gasteiger partial charge in [0.1, 0.15) is 5.60 Å². The van der Waals surface area contributed by atoms with E-state index >= 15 is 0 Å². The lowest BCUT2D eigenvalue weighted by Gasteiger charge is -2.40. The molecule has 0 amide bonds. The van der Waals surface area contributed by atoms with Gasteiger partial charge < -0.3 is 14.0 Å². The van der Waals surface area contributed by atoms with Gasteiger partial charge >= 0.3 is 6.75 Å². The summed E-state index contributed by atoms with van der Waals surface area (Å²) in [5.41, 5.74) is -0.904. The largest absolute Gasteiger partial charge is 0.641 e. The van der Waals surface area contributed by atoms with E-state index in [0.29, 0.717) is 0 Å². The molecule has 5 heteroatoms. The molecule has 1 saturated heterocycles. The van der Waals surface area contributed by atoms with Crippen molar-refractivity contribution in [1.29, 1.82) is 0 Å². The Bertz CT molecular complexity index is 262. The summed E-state index contributed by atoms with van der Waals surface area (Å²) in [6.07, 6.45) is -0.0332. The fourth-order valence-electron chi connectivity index (χ4n) is 1.64. The summed E-state index contributed by atoms with van der Waals surface area (Å²) in [4.78, 5) is 11.6. The minimum Gasteiger partial charge on any atom is -0.641 e. The molecule has 1 aliphatic rings. The van der Waals surface area contributed by atoms with Crippen LogP contribution in [0.2, 0.25) is 5.82 Å². The summed E-state index contributed by atoms with van der Waals surface area (Å²) in [5, 5.41) is 0. The molecule has 1 unspecified atom stereocenters. The molecule has 0 aromatic heterocycles. The maximum atomic E-state index is 11.6. The van der Waals surface area contributed by atoms with Crippen molar-refractivity contribution in [1.82, 2.24) is 0 Å². The number of carbonyl (C=O) groups excluding carboxylic acids is 1. The van der Waals surface area contributed by atoms with Crippen LogP contribution in [0.25, 0.3) is 0 Å². The van der Waals surface area contributed by atoms with E-state index in [2.05, 4.69) is 0 Å². The van der Waals surface area contributed by atoms with Crippen molar-refractivity contribution in [2.45, 2.75) is 59.1 Å². The molecule has 15 heavy (non-hydrogen) atoms. The number of carbonyl (C=O) groups is 1. The minimum atomic E-state index is -1.94. The SMILES string of the molecule is CC(C)O[B-]1(C(C)C)OC(=O)C(C)(C)O1. The van der Waals surface area contributed by atoms with Gasteiger partial charge in [0.05, 0.1) is 0 Å². The maximum Gasteiger partial charge on any atom is 0.440 e. The van der Waals surface area contributed by atoms with Gasteiger partial charge in [0.25, 0.3) is 5.97 Å². The topological polar surface area (TPSA) is 44.8 Å². The third kappa shape index (κ3) is 2.34. The van der Waals surface area contributed by atoms with Gasteiger partial charge in [0, 0.05) is 6.10 Å². The van der Waals surface area contributed by atoms with Gasteiger partial charge in [-0.1, -0.05) is 19.7 Å². The van der Waals surface area contributed by atoms with Gasteiger partial charge in [-0.05, 0) is 27.7 Å². The zero-order valence-electron chi connectivity index (χ0n) is 10.4. The van der Waals surface area contributed by atoms with Crippen molar-refractivity contribution in [2.24, 2.45) is 0 Å². The van der Waals surface area contributed by atoms with Crippen LogP contribution in [0.5, 0.6) is 0 Å². The molecule has 1 atom stereocenters. The highest BCUT2D eigenvalue weighted by molar-refractivity contribution is 6.65. The van der Waals surface area contributed by atoms with Crippen LogP contribution in [-0.4, -0.2) is 24.4 Å². The predicted molar refractivity (Wildman–Crippen MR) is 58.3 cm³/mol. The zero-order valence-corrected chi connectivity index (χ0v) is 10.4. The summed E-state index contributed by atoms with van der Waals surface area (Å²) >= 11 is 0. The minimum absolute atomic E-state index is 0.0122. The van der Waals surface area contributed by atoms with Crippen LogP contribution >= 0.6 is 0 Å². The van der Waals surface area contributed by atoms with Crippen LogP contribution < -0.4 is 0 Å². The summed E-state index contributed by atoms with van der Waals surface area (Å²) in [6, 6.07) is 0. The molecular formula is C10H20BO4-. The summed E-state index contributed by atoms with van der Waals surface area (Å²) in [7, 11) is 0. The van der Waals surface area contributed by atoms with Crippen molar-refractivity contribution in [2.75, 3.05) is 0 Å². The summed E-state index contributed by atoms with van der Waals surface area (Å²) in [6.45, 7) is 9.10. The molecule has 0 aromatic rings. The first-order valence-corrected chi connectivity index (χ1v) is 5.45. The molecule has 1 aliphatic heterocycles. The quantitative estimate of drug-likeness (QED) is 0.676. The van der Waals surface area contributed by atoms with Crippen molar-refractivity contribution in [3.05, 3.63) is 0 Å². The second-order valence-corrected chi connectivity index (χ2v) is 5.16. The van der Waals surface area contributed by atoms with Crippen LogP contribution in [0.1, 0.15) is 41.5 Å². The highest BCUT2D eigenvalue weighted by atomic mass is 16.8. The zero-order chi connectivity index (χ0) is 11.9. The Labute approximate surface area is 91.3 Å². The Morgan fingerprint density at radius 1 is 1.27 bits per heavy atom.